The van der Waals surface area contributed by atoms with Crippen LogP contribution in [0.2, 0.25) is 0 Å². The molecular formula is C19H19N7OS. The molecule has 5 rings (SSSR count). The summed E-state index contributed by atoms with van der Waals surface area (Å²) >= 11 is 1.64. The molecule has 3 aliphatic heterocycles. The second-order valence-electron chi connectivity index (χ2n) is 6.57. The number of nitrogens with one attached hydrogen (secondary N) is 1. The van der Waals surface area contributed by atoms with Crippen LogP contribution in [0.25, 0.3) is 11.9 Å². The van der Waals surface area contributed by atoms with Gasteiger partial charge >= 0.3 is 0 Å². The molecule has 28 heavy (non-hydrogen) atoms. The van der Waals surface area contributed by atoms with Crippen molar-refractivity contribution >= 4 is 40.2 Å². The van der Waals surface area contributed by atoms with Gasteiger partial charge in [0.05, 0.1) is 24.2 Å². The number of anilines is 1. The van der Waals surface area contributed by atoms with Crippen molar-refractivity contribution in [3.8, 4) is 5.75 Å². The maximum Gasteiger partial charge on any atom is 0.210 e. The Morgan fingerprint density at radius 1 is 1.32 bits per heavy atom. The second kappa shape index (κ2) is 6.45. The van der Waals surface area contributed by atoms with Crippen molar-refractivity contribution in [2.45, 2.75) is 13.5 Å². The first-order valence-electron chi connectivity index (χ1n) is 8.88. The molecule has 0 aliphatic carbocycles. The molecule has 142 valence electrons. The fourth-order valence-corrected chi connectivity index (χ4v) is 4.35. The van der Waals surface area contributed by atoms with Crippen LogP contribution in [-0.2, 0) is 6.54 Å². The summed E-state index contributed by atoms with van der Waals surface area (Å²) in [6, 6.07) is 5.74. The number of thioether (sulfide) groups is 1. The van der Waals surface area contributed by atoms with Gasteiger partial charge in [0.1, 0.15) is 16.6 Å². The van der Waals surface area contributed by atoms with Crippen molar-refractivity contribution < 1.29 is 4.74 Å². The molecule has 9 heteroatoms. The normalized spacial score (nSPS) is 19.3. The van der Waals surface area contributed by atoms with E-state index in [9.17, 15) is 0 Å². The largest absolute Gasteiger partial charge is 0.495 e. The van der Waals surface area contributed by atoms with E-state index in [1.165, 1.54) is 0 Å². The average molecular weight is 393 g/mol. The molecule has 0 bridgehead atoms. The Balaban J connectivity index is 1.62. The van der Waals surface area contributed by atoms with Crippen molar-refractivity contribution in [1.29, 1.82) is 0 Å². The molecule has 0 saturated carbocycles. The van der Waals surface area contributed by atoms with Crippen LogP contribution < -0.4 is 26.7 Å². The van der Waals surface area contributed by atoms with Gasteiger partial charge in [0.2, 0.25) is 5.17 Å². The van der Waals surface area contributed by atoms with Crippen LogP contribution in [-0.4, -0.2) is 38.3 Å². The lowest BCUT2D eigenvalue weighted by Crippen LogP contribution is -2.37. The number of rotatable bonds is 2. The third-order valence-electron chi connectivity index (χ3n) is 4.84. The molecule has 0 unspecified atom stereocenters. The van der Waals surface area contributed by atoms with Gasteiger partial charge < -0.3 is 15.0 Å². The highest BCUT2D eigenvalue weighted by Crippen LogP contribution is 2.28. The topological polar surface area (TPSA) is 93.1 Å². The highest BCUT2D eigenvalue weighted by molar-refractivity contribution is 8.14. The number of methoxy groups -OCH3 is 1. The number of benzene rings is 1. The Bertz CT molecular complexity index is 1190. The number of hydrogen-bond acceptors (Lipinski definition) is 8. The Morgan fingerprint density at radius 3 is 3.04 bits per heavy atom. The quantitative estimate of drug-likeness (QED) is 0.723. The maximum atomic E-state index is 6.08. The van der Waals surface area contributed by atoms with Crippen LogP contribution in [0.5, 0.6) is 5.75 Å². The summed E-state index contributed by atoms with van der Waals surface area (Å²) in [7, 11) is 1.61. The number of ether oxygens (including phenoxy) is 1. The van der Waals surface area contributed by atoms with E-state index in [1.54, 1.807) is 18.9 Å². The minimum absolute atomic E-state index is 0.596. The smallest absolute Gasteiger partial charge is 0.210 e. The van der Waals surface area contributed by atoms with Crippen molar-refractivity contribution in [1.82, 2.24) is 20.0 Å². The fraction of sp³-hybridized carbons (Fsp3) is 0.211. The maximum absolute atomic E-state index is 6.08. The summed E-state index contributed by atoms with van der Waals surface area (Å²) in [5, 5.41) is 13.0. The highest BCUT2D eigenvalue weighted by Gasteiger charge is 2.30. The lowest BCUT2D eigenvalue weighted by Gasteiger charge is -2.22. The van der Waals surface area contributed by atoms with E-state index in [0.29, 0.717) is 11.4 Å². The standard InChI is InChI=1S/C19H19N7OS/c1-11-17(25-8-4-3-5-16(25)21-11)18-22-23-19-26(18)24-14(10-28-19)12-6-7-15(27-2)13(20)9-12/h3-7,9,22H,8,10,20H2,1-2H3/b18-17-. The van der Waals surface area contributed by atoms with Gasteiger partial charge in [0, 0.05) is 17.9 Å². The molecule has 0 saturated heterocycles. The molecule has 8 nitrogen and oxygen atoms in total. The molecule has 4 heterocycles. The van der Waals surface area contributed by atoms with Crippen molar-refractivity contribution in [3.63, 3.8) is 0 Å². The van der Waals surface area contributed by atoms with Gasteiger partial charge in [-0.1, -0.05) is 23.9 Å². The van der Waals surface area contributed by atoms with Gasteiger partial charge in [-0.15, -0.1) is 5.10 Å². The first-order chi connectivity index (χ1) is 13.7. The number of nitrogen functional groups attached to an aromatic ring is 1. The number of fused-ring (bicyclic) bond motifs is 2. The Kier molecular flexibility index (Phi) is 3.90. The van der Waals surface area contributed by atoms with Crippen LogP contribution in [0.4, 0.5) is 5.69 Å². The Hall–Kier alpha value is -3.20. The summed E-state index contributed by atoms with van der Waals surface area (Å²) in [5.41, 5.74) is 13.6. The lowest BCUT2D eigenvalue weighted by molar-refractivity contribution is 0.417. The molecule has 0 radical (unpaired) electrons. The van der Waals surface area contributed by atoms with Gasteiger partial charge in [-0.05, 0) is 31.2 Å². The molecule has 3 aliphatic rings. The van der Waals surface area contributed by atoms with E-state index in [4.69, 9.17) is 15.6 Å². The number of nitrogens with zero attached hydrogens (tertiary/aromatic N) is 5. The fourth-order valence-electron chi connectivity index (χ4n) is 3.49. The molecule has 2 aromatic rings. The SMILES string of the molecule is COc1ccc(C2=NN3C(=NN/C3=c3\c(C)nc4n3CC=CC=4)SC2)cc1N. The highest BCUT2D eigenvalue weighted by atomic mass is 32.2. The van der Waals surface area contributed by atoms with Gasteiger partial charge in [-0.3, -0.25) is 5.43 Å². The average Bonchev–Trinajstić information content (AvgIpc) is 3.26. The summed E-state index contributed by atoms with van der Waals surface area (Å²) in [4.78, 5) is 4.67. The number of imidazole rings is 1. The predicted octanol–water partition coefficient (Wildman–Crippen LogP) is 0.526. The number of aromatic nitrogens is 2. The van der Waals surface area contributed by atoms with E-state index in [2.05, 4.69) is 26.2 Å². The number of nitrogens with two attached hydrogens (primary N) is 1. The summed E-state index contributed by atoms with van der Waals surface area (Å²) in [6.45, 7) is 2.78. The summed E-state index contributed by atoms with van der Waals surface area (Å²) in [5.74, 6) is 2.20. The van der Waals surface area contributed by atoms with Crippen LogP contribution in [0.15, 0.2) is 40.6 Å². The molecule has 0 spiro atoms. The number of aryl methyl sites for hydroxylation is 1. The third-order valence-corrected chi connectivity index (χ3v) is 5.78. The van der Waals surface area contributed by atoms with Crippen LogP contribution in [0, 0.1) is 6.92 Å². The van der Waals surface area contributed by atoms with E-state index >= 15 is 0 Å². The first kappa shape index (κ1) is 16.9. The Morgan fingerprint density at radius 2 is 2.21 bits per heavy atom. The first-order valence-corrected chi connectivity index (χ1v) is 9.86. The predicted molar refractivity (Wildman–Crippen MR) is 112 cm³/mol. The van der Waals surface area contributed by atoms with E-state index in [-0.39, 0.29) is 0 Å². The number of allylic oxidation sites excluding steroid dienone is 2. The number of amidine groups is 1. The van der Waals surface area contributed by atoms with Crippen LogP contribution in [0.3, 0.4) is 0 Å². The minimum Gasteiger partial charge on any atom is -0.495 e. The summed E-state index contributed by atoms with van der Waals surface area (Å²) < 4.78 is 7.42. The molecule has 0 amide bonds. The van der Waals surface area contributed by atoms with Gasteiger partial charge in [-0.2, -0.15) is 10.1 Å². The minimum atomic E-state index is 0.596. The van der Waals surface area contributed by atoms with Crippen molar-refractivity contribution in [2.24, 2.45) is 10.2 Å². The van der Waals surface area contributed by atoms with E-state index < -0.39 is 0 Å². The number of hydrazone groups is 2. The van der Waals surface area contributed by atoms with Gasteiger partial charge in [0.25, 0.3) is 0 Å². The van der Waals surface area contributed by atoms with E-state index in [1.807, 2.05) is 42.3 Å². The summed E-state index contributed by atoms with van der Waals surface area (Å²) in [6.07, 6.45) is 6.15. The molecular weight excluding hydrogens is 374 g/mol. The van der Waals surface area contributed by atoms with E-state index in [0.717, 1.165) is 51.1 Å². The van der Waals surface area contributed by atoms with Crippen LogP contribution >= 0.6 is 11.8 Å². The van der Waals surface area contributed by atoms with Crippen molar-refractivity contribution in [2.75, 3.05) is 18.6 Å². The zero-order valence-corrected chi connectivity index (χ0v) is 16.3. The number of hydrogen-bond donors (Lipinski definition) is 2. The van der Waals surface area contributed by atoms with Crippen molar-refractivity contribution in [3.05, 3.63) is 52.4 Å². The van der Waals surface area contributed by atoms with Gasteiger partial charge in [-0.25, -0.2) is 4.98 Å². The van der Waals surface area contributed by atoms with Crippen LogP contribution in [0.1, 0.15) is 11.3 Å². The monoisotopic (exact) mass is 393 g/mol. The Labute approximate surface area is 165 Å². The molecule has 0 fully saturated rings. The lowest BCUT2D eigenvalue weighted by atomic mass is 10.1. The second-order valence-corrected chi connectivity index (χ2v) is 7.51. The zero-order valence-electron chi connectivity index (χ0n) is 15.5. The molecule has 1 aromatic carbocycles. The zero-order chi connectivity index (χ0) is 19.3. The third kappa shape index (κ3) is 2.58. The van der Waals surface area contributed by atoms with Gasteiger partial charge in [0.15, 0.2) is 5.82 Å². The molecule has 3 N–H and O–H groups in total. The molecule has 1 aromatic heterocycles. The molecule has 0 atom stereocenters.